The molecule has 0 atom stereocenters. The van der Waals surface area contributed by atoms with E-state index in [0.29, 0.717) is 0 Å². The molecule has 1 N–H and O–H groups in total. The summed E-state index contributed by atoms with van der Waals surface area (Å²) in [5.41, 5.74) is 0. The zero-order chi connectivity index (χ0) is 13.8. The summed E-state index contributed by atoms with van der Waals surface area (Å²) in [7, 11) is 2.28. The van der Waals surface area contributed by atoms with E-state index in [1.54, 1.807) is 0 Å². The van der Waals surface area contributed by atoms with Crippen LogP contribution < -0.4 is 5.32 Å². The normalized spacial score (nSPS) is 17.2. The summed E-state index contributed by atoms with van der Waals surface area (Å²) in [6.07, 6.45) is 9.89. The Morgan fingerprint density at radius 3 is 2.21 bits per heavy atom. The number of hydrogen-bond acceptors (Lipinski definition) is 3. The van der Waals surface area contributed by atoms with Gasteiger partial charge in [-0.15, -0.1) is 0 Å². The first kappa shape index (κ1) is 16.9. The molecule has 1 aliphatic heterocycles. The van der Waals surface area contributed by atoms with Crippen molar-refractivity contribution in [2.75, 3.05) is 52.9 Å². The van der Waals surface area contributed by atoms with Crippen LogP contribution in [0.25, 0.3) is 0 Å². The Hall–Kier alpha value is -0.120. The number of rotatable bonds is 11. The standard InChI is InChI=1S/C16H35N3/c1-3-4-5-6-7-8-9-12-18(2)15-16-19-13-10-17-11-14-19/h17H,3-16H2,1-2H3. The van der Waals surface area contributed by atoms with Gasteiger partial charge in [0.25, 0.3) is 0 Å². The van der Waals surface area contributed by atoms with E-state index in [1.807, 2.05) is 0 Å². The van der Waals surface area contributed by atoms with Gasteiger partial charge < -0.3 is 10.2 Å². The first-order valence-electron chi connectivity index (χ1n) is 8.44. The van der Waals surface area contributed by atoms with Crippen LogP contribution in [0.1, 0.15) is 51.9 Å². The molecule has 0 unspecified atom stereocenters. The molecule has 0 aromatic carbocycles. The van der Waals surface area contributed by atoms with Crippen molar-refractivity contribution in [1.29, 1.82) is 0 Å². The largest absolute Gasteiger partial charge is 0.314 e. The van der Waals surface area contributed by atoms with Crippen LogP contribution in [0.15, 0.2) is 0 Å². The lowest BCUT2D eigenvalue weighted by atomic mass is 10.1. The number of likely N-dealkylation sites (N-methyl/N-ethyl adjacent to an activating group) is 1. The van der Waals surface area contributed by atoms with Crippen LogP contribution in [0.5, 0.6) is 0 Å². The van der Waals surface area contributed by atoms with Gasteiger partial charge in [-0.1, -0.05) is 45.4 Å². The van der Waals surface area contributed by atoms with Crippen molar-refractivity contribution < 1.29 is 0 Å². The summed E-state index contributed by atoms with van der Waals surface area (Å²) >= 11 is 0. The molecular weight excluding hydrogens is 234 g/mol. The van der Waals surface area contributed by atoms with Crippen molar-refractivity contribution in [2.45, 2.75) is 51.9 Å². The zero-order valence-electron chi connectivity index (χ0n) is 13.3. The molecular formula is C16H35N3. The Morgan fingerprint density at radius 1 is 0.895 bits per heavy atom. The summed E-state index contributed by atoms with van der Waals surface area (Å²) < 4.78 is 0. The van der Waals surface area contributed by atoms with Crippen molar-refractivity contribution in [3.63, 3.8) is 0 Å². The van der Waals surface area contributed by atoms with Crippen molar-refractivity contribution >= 4 is 0 Å². The van der Waals surface area contributed by atoms with Crippen LogP contribution in [0.3, 0.4) is 0 Å². The summed E-state index contributed by atoms with van der Waals surface area (Å²) in [4.78, 5) is 5.09. The second-order valence-corrected chi connectivity index (χ2v) is 6.02. The van der Waals surface area contributed by atoms with E-state index < -0.39 is 0 Å². The maximum atomic E-state index is 3.41. The Kier molecular flexibility index (Phi) is 10.4. The van der Waals surface area contributed by atoms with Gasteiger partial charge in [0.1, 0.15) is 0 Å². The van der Waals surface area contributed by atoms with E-state index in [-0.39, 0.29) is 0 Å². The van der Waals surface area contributed by atoms with E-state index in [4.69, 9.17) is 0 Å². The predicted molar refractivity (Wildman–Crippen MR) is 84.8 cm³/mol. The van der Waals surface area contributed by atoms with Crippen LogP contribution in [0, 0.1) is 0 Å². The average Bonchev–Trinajstić information content (AvgIpc) is 2.45. The minimum atomic E-state index is 1.17. The first-order valence-corrected chi connectivity index (χ1v) is 8.44. The number of unbranched alkanes of at least 4 members (excludes halogenated alkanes) is 6. The molecule has 19 heavy (non-hydrogen) atoms. The molecule has 1 rings (SSSR count). The molecule has 0 aromatic heterocycles. The topological polar surface area (TPSA) is 18.5 Å². The minimum Gasteiger partial charge on any atom is -0.314 e. The van der Waals surface area contributed by atoms with Crippen LogP contribution in [0.2, 0.25) is 0 Å². The second-order valence-electron chi connectivity index (χ2n) is 6.02. The lowest BCUT2D eigenvalue weighted by Crippen LogP contribution is -2.46. The molecule has 0 spiro atoms. The number of piperazine rings is 1. The van der Waals surface area contributed by atoms with Crippen molar-refractivity contribution in [3.8, 4) is 0 Å². The molecule has 3 heteroatoms. The maximum Gasteiger partial charge on any atom is 0.0110 e. The third-order valence-corrected chi connectivity index (χ3v) is 4.15. The molecule has 0 radical (unpaired) electrons. The SMILES string of the molecule is CCCCCCCCCN(C)CCN1CCNCC1. The fourth-order valence-electron chi connectivity index (χ4n) is 2.70. The number of nitrogens with one attached hydrogen (secondary N) is 1. The van der Waals surface area contributed by atoms with Crippen molar-refractivity contribution in [3.05, 3.63) is 0 Å². The fraction of sp³-hybridized carbons (Fsp3) is 1.00. The molecule has 0 saturated carbocycles. The summed E-state index contributed by atoms with van der Waals surface area (Å²) in [5.74, 6) is 0. The predicted octanol–water partition coefficient (Wildman–Crippen LogP) is 2.57. The van der Waals surface area contributed by atoms with E-state index >= 15 is 0 Å². The smallest absolute Gasteiger partial charge is 0.0110 e. The Morgan fingerprint density at radius 2 is 1.53 bits per heavy atom. The molecule has 0 aliphatic carbocycles. The minimum absolute atomic E-state index is 1.17. The lowest BCUT2D eigenvalue weighted by molar-refractivity contribution is 0.203. The molecule has 3 nitrogen and oxygen atoms in total. The maximum absolute atomic E-state index is 3.41. The van der Waals surface area contributed by atoms with Gasteiger partial charge in [-0.2, -0.15) is 0 Å². The molecule has 114 valence electrons. The van der Waals surface area contributed by atoms with Gasteiger partial charge in [0.2, 0.25) is 0 Å². The molecule has 1 fully saturated rings. The molecule has 1 saturated heterocycles. The highest BCUT2D eigenvalue weighted by atomic mass is 15.2. The highest BCUT2D eigenvalue weighted by molar-refractivity contribution is 4.68. The average molecular weight is 269 g/mol. The van der Waals surface area contributed by atoms with Crippen molar-refractivity contribution in [2.24, 2.45) is 0 Å². The third-order valence-electron chi connectivity index (χ3n) is 4.15. The Bertz CT molecular complexity index is 190. The van der Waals surface area contributed by atoms with Gasteiger partial charge in [0.15, 0.2) is 0 Å². The molecule has 1 aliphatic rings. The quantitative estimate of drug-likeness (QED) is 0.582. The summed E-state index contributed by atoms with van der Waals surface area (Å²) in [6.45, 7) is 10.8. The zero-order valence-corrected chi connectivity index (χ0v) is 13.3. The van der Waals surface area contributed by atoms with E-state index in [2.05, 4.69) is 29.1 Å². The third kappa shape index (κ3) is 9.42. The Labute approximate surface area is 120 Å². The van der Waals surface area contributed by atoms with Crippen LogP contribution in [0.4, 0.5) is 0 Å². The number of hydrogen-bond donors (Lipinski definition) is 1. The second kappa shape index (κ2) is 11.7. The lowest BCUT2D eigenvalue weighted by Gasteiger charge is -2.29. The van der Waals surface area contributed by atoms with E-state index in [9.17, 15) is 0 Å². The van der Waals surface area contributed by atoms with Crippen LogP contribution in [-0.4, -0.2) is 62.7 Å². The molecule has 0 bridgehead atoms. The van der Waals surface area contributed by atoms with Gasteiger partial charge in [-0.25, -0.2) is 0 Å². The van der Waals surface area contributed by atoms with E-state index in [1.165, 1.54) is 90.8 Å². The van der Waals surface area contributed by atoms with Crippen LogP contribution >= 0.6 is 0 Å². The van der Waals surface area contributed by atoms with Gasteiger partial charge in [-0.3, -0.25) is 4.90 Å². The van der Waals surface area contributed by atoms with Gasteiger partial charge in [0.05, 0.1) is 0 Å². The highest BCUT2D eigenvalue weighted by Gasteiger charge is 2.09. The monoisotopic (exact) mass is 269 g/mol. The summed E-state index contributed by atoms with van der Waals surface area (Å²) in [5, 5.41) is 3.41. The Balaban J connectivity index is 1.85. The fourth-order valence-corrected chi connectivity index (χ4v) is 2.70. The first-order chi connectivity index (χ1) is 9.33. The number of nitrogens with zero attached hydrogens (tertiary/aromatic N) is 2. The van der Waals surface area contributed by atoms with Crippen LogP contribution in [-0.2, 0) is 0 Å². The van der Waals surface area contributed by atoms with E-state index in [0.717, 1.165) is 0 Å². The van der Waals surface area contributed by atoms with Gasteiger partial charge in [-0.05, 0) is 20.0 Å². The van der Waals surface area contributed by atoms with Gasteiger partial charge in [0, 0.05) is 39.3 Å². The molecule has 0 aromatic rings. The molecule has 0 amide bonds. The van der Waals surface area contributed by atoms with Gasteiger partial charge >= 0.3 is 0 Å². The molecule has 1 heterocycles. The summed E-state index contributed by atoms with van der Waals surface area (Å²) in [6, 6.07) is 0. The van der Waals surface area contributed by atoms with Crippen molar-refractivity contribution in [1.82, 2.24) is 15.1 Å². The highest BCUT2D eigenvalue weighted by Crippen LogP contribution is 2.07.